The van der Waals surface area contributed by atoms with Crippen LogP contribution >= 0.6 is 0 Å². The molecule has 0 aromatic rings. The van der Waals surface area contributed by atoms with E-state index in [1.165, 1.54) is 0 Å². The quantitative estimate of drug-likeness (QED) is 0.729. The largest absolute Gasteiger partial charge is 0.386 e. The van der Waals surface area contributed by atoms with Gasteiger partial charge in [-0.15, -0.1) is 0 Å². The lowest BCUT2D eigenvalue weighted by Crippen LogP contribution is -2.59. The van der Waals surface area contributed by atoms with Crippen LogP contribution < -0.4 is 0 Å². The summed E-state index contributed by atoms with van der Waals surface area (Å²) in [4.78, 5) is 0. The molecule has 2 heteroatoms. The number of hydrogen-bond acceptors (Lipinski definition) is 2. The first-order valence-electron chi connectivity index (χ1n) is 8.80. The van der Waals surface area contributed by atoms with Gasteiger partial charge >= 0.3 is 0 Å². The van der Waals surface area contributed by atoms with Crippen molar-refractivity contribution in [2.45, 2.75) is 24.0 Å². The molecule has 2 fully saturated rings. The molecule has 0 aliphatic heterocycles. The molecule has 2 N–H and O–H groups in total. The third-order valence-corrected chi connectivity index (χ3v) is 7.90. The Bertz CT molecular complexity index is 615. The molecule has 6 aliphatic rings. The van der Waals surface area contributed by atoms with Crippen LogP contribution in [0.4, 0.5) is 0 Å². The van der Waals surface area contributed by atoms with Gasteiger partial charge < -0.3 is 10.2 Å². The van der Waals surface area contributed by atoms with Gasteiger partial charge in [-0.1, -0.05) is 48.6 Å². The van der Waals surface area contributed by atoms with Crippen molar-refractivity contribution in [1.29, 1.82) is 0 Å². The predicted octanol–water partition coefficient (Wildman–Crippen LogP) is 2.46. The Morgan fingerprint density at radius 3 is 1.45 bits per heavy atom. The Labute approximate surface area is 130 Å². The molecule has 22 heavy (non-hydrogen) atoms. The van der Waals surface area contributed by atoms with E-state index in [1.807, 2.05) is 0 Å². The summed E-state index contributed by atoms with van der Waals surface area (Å²) in [5.41, 5.74) is -1.92. The molecule has 0 heterocycles. The summed E-state index contributed by atoms with van der Waals surface area (Å²) in [6.45, 7) is 0. The van der Waals surface area contributed by atoms with Gasteiger partial charge in [-0.3, -0.25) is 0 Å². The number of aliphatic hydroxyl groups is 2. The highest BCUT2D eigenvalue weighted by Crippen LogP contribution is 2.66. The molecular formula is C20H22O2. The van der Waals surface area contributed by atoms with E-state index >= 15 is 0 Å². The fraction of sp³-hybridized carbons (Fsp3) is 0.600. The molecule has 0 aromatic carbocycles. The summed E-state index contributed by atoms with van der Waals surface area (Å²) in [7, 11) is 0. The third-order valence-electron chi connectivity index (χ3n) is 7.90. The minimum absolute atomic E-state index is 0.123. The lowest BCUT2D eigenvalue weighted by atomic mass is 9.68. The maximum absolute atomic E-state index is 11.7. The standard InChI is InChI=1S/C20H22O2/c21-19(9-13-3-1-11-5-7-15(19)17(11)13)20(22)10-14-4-2-12-6-8-16(20)18(12)14/h1-8,11-18,21-22H,9-10H2/t11-,12-,13+,14+,15-,16+,17-,18-,19+,20+/m1/s1. The van der Waals surface area contributed by atoms with Crippen LogP contribution in [-0.4, -0.2) is 21.4 Å². The second-order valence-electron chi connectivity index (χ2n) is 8.49. The SMILES string of the molecule is O[C@@]1([C@]2(O)C[C@@H]3C=C[C@@H]4C=C[C@H]2[C@H]43)C[C@@H]2C=C[C@@H]3C=C[C@@H]1[C@H]32. The van der Waals surface area contributed by atoms with E-state index in [2.05, 4.69) is 48.6 Å². The van der Waals surface area contributed by atoms with Crippen molar-refractivity contribution in [3.8, 4) is 0 Å². The molecule has 2 saturated carbocycles. The highest BCUT2D eigenvalue weighted by atomic mass is 16.4. The van der Waals surface area contributed by atoms with Gasteiger partial charge in [0.1, 0.15) is 11.2 Å². The molecule has 10 atom stereocenters. The fourth-order valence-electron chi connectivity index (χ4n) is 7.06. The molecule has 0 unspecified atom stereocenters. The average molecular weight is 294 g/mol. The van der Waals surface area contributed by atoms with Crippen LogP contribution in [0.25, 0.3) is 0 Å². The van der Waals surface area contributed by atoms with Crippen LogP contribution in [0.5, 0.6) is 0 Å². The van der Waals surface area contributed by atoms with Crippen LogP contribution in [0.15, 0.2) is 48.6 Å². The lowest BCUT2D eigenvalue weighted by molar-refractivity contribution is -0.180. The zero-order chi connectivity index (χ0) is 14.7. The number of allylic oxidation sites excluding steroid dienone is 6. The molecule has 6 aliphatic carbocycles. The van der Waals surface area contributed by atoms with Crippen molar-refractivity contribution >= 4 is 0 Å². The van der Waals surface area contributed by atoms with Crippen molar-refractivity contribution in [3.05, 3.63) is 48.6 Å². The van der Waals surface area contributed by atoms with E-state index in [-0.39, 0.29) is 11.8 Å². The first-order chi connectivity index (χ1) is 10.6. The van der Waals surface area contributed by atoms with Crippen LogP contribution in [0, 0.1) is 47.3 Å². The predicted molar refractivity (Wildman–Crippen MR) is 83.6 cm³/mol. The Morgan fingerprint density at radius 2 is 1.00 bits per heavy atom. The fourth-order valence-corrected chi connectivity index (χ4v) is 7.06. The van der Waals surface area contributed by atoms with E-state index in [0.717, 1.165) is 12.8 Å². The van der Waals surface area contributed by atoms with Gasteiger partial charge in [-0.25, -0.2) is 0 Å². The molecule has 0 radical (unpaired) electrons. The van der Waals surface area contributed by atoms with E-state index in [0.29, 0.717) is 35.5 Å². The maximum atomic E-state index is 11.7. The maximum Gasteiger partial charge on any atom is 0.101 e. The summed E-state index contributed by atoms with van der Waals surface area (Å²) < 4.78 is 0. The third kappa shape index (κ3) is 1.11. The minimum atomic E-state index is -0.958. The summed E-state index contributed by atoms with van der Waals surface area (Å²) >= 11 is 0. The lowest BCUT2D eigenvalue weighted by Gasteiger charge is -2.45. The summed E-state index contributed by atoms with van der Waals surface area (Å²) in [5, 5.41) is 23.4. The van der Waals surface area contributed by atoms with Gasteiger partial charge in [0.2, 0.25) is 0 Å². The molecule has 114 valence electrons. The van der Waals surface area contributed by atoms with Crippen molar-refractivity contribution in [2.24, 2.45) is 47.3 Å². The topological polar surface area (TPSA) is 40.5 Å². The smallest absolute Gasteiger partial charge is 0.101 e. The van der Waals surface area contributed by atoms with Gasteiger partial charge in [0, 0.05) is 11.8 Å². The average Bonchev–Trinajstić information content (AvgIpc) is 3.24. The van der Waals surface area contributed by atoms with Crippen molar-refractivity contribution in [3.63, 3.8) is 0 Å². The second-order valence-corrected chi connectivity index (χ2v) is 8.49. The highest BCUT2D eigenvalue weighted by molar-refractivity contribution is 5.37. The van der Waals surface area contributed by atoms with E-state index in [4.69, 9.17) is 0 Å². The van der Waals surface area contributed by atoms with E-state index in [1.54, 1.807) is 0 Å². The Kier molecular flexibility index (Phi) is 1.97. The Hall–Kier alpha value is -1.12. The normalized spacial score (nSPS) is 65.0. The van der Waals surface area contributed by atoms with Crippen LogP contribution in [0.1, 0.15) is 12.8 Å². The Morgan fingerprint density at radius 1 is 0.591 bits per heavy atom. The van der Waals surface area contributed by atoms with Gasteiger partial charge in [0.15, 0.2) is 0 Å². The van der Waals surface area contributed by atoms with Crippen molar-refractivity contribution < 1.29 is 10.2 Å². The number of rotatable bonds is 1. The summed E-state index contributed by atoms with van der Waals surface area (Å²) in [5.74, 6) is 3.08. The Balaban J connectivity index is 1.47. The molecule has 0 saturated heterocycles. The van der Waals surface area contributed by atoms with Crippen molar-refractivity contribution in [1.82, 2.24) is 0 Å². The molecular weight excluding hydrogens is 272 g/mol. The first kappa shape index (κ1) is 12.3. The zero-order valence-corrected chi connectivity index (χ0v) is 12.5. The summed E-state index contributed by atoms with van der Waals surface area (Å²) in [6, 6.07) is 0. The summed E-state index contributed by atoms with van der Waals surface area (Å²) in [6.07, 6.45) is 19.5. The highest BCUT2D eigenvalue weighted by Gasteiger charge is 2.70. The van der Waals surface area contributed by atoms with Crippen molar-refractivity contribution in [2.75, 3.05) is 0 Å². The van der Waals surface area contributed by atoms with Crippen LogP contribution in [0.2, 0.25) is 0 Å². The van der Waals surface area contributed by atoms with Gasteiger partial charge in [0.05, 0.1) is 0 Å². The molecule has 0 spiro atoms. The molecule has 0 amide bonds. The number of hydrogen-bond donors (Lipinski definition) is 2. The van der Waals surface area contributed by atoms with Gasteiger partial charge in [-0.05, 0) is 48.3 Å². The zero-order valence-electron chi connectivity index (χ0n) is 12.5. The van der Waals surface area contributed by atoms with Gasteiger partial charge in [-0.2, -0.15) is 0 Å². The minimum Gasteiger partial charge on any atom is -0.386 e. The first-order valence-corrected chi connectivity index (χ1v) is 8.80. The van der Waals surface area contributed by atoms with E-state index < -0.39 is 11.2 Å². The molecule has 0 aromatic heterocycles. The molecule has 2 nitrogen and oxygen atoms in total. The van der Waals surface area contributed by atoms with Crippen LogP contribution in [-0.2, 0) is 0 Å². The second kappa shape index (κ2) is 3.52. The van der Waals surface area contributed by atoms with Gasteiger partial charge in [0.25, 0.3) is 0 Å². The van der Waals surface area contributed by atoms with E-state index in [9.17, 15) is 10.2 Å². The molecule has 0 bridgehead atoms. The van der Waals surface area contributed by atoms with Crippen LogP contribution in [0.3, 0.4) is 0 Å². The monoisotopic (exact) mass is 294 g/mol. The molecule has 6 rings (SSSR count).